The molecule has 1 saturated heterocycles. The van der Waals surface area contributed by atoms with Crippen molar-refractivity contribution in [2.24, 2.45) is 0 Å². The number of hydrogen-bond acceptors (Lipinski definition) is 5. The van der Waals surface area contributed by atoms with Crippen molar-refractivity contribution in [3.63, 3.8) is 0 Å². The average molecular weight is 454 g/mol. The third-order valence-corrected chi connectivity index (χ3v) is 5.72. The Hall–Kier alpha value is -3.31. The molecule has 3 aliphatic rings. The standard InChI is InChI=1S/C20H22F4N6O2/c1-10-7-16(25-8-13(10)21)28-19(32)30-12-5-6-29(9-12)15-4-3-14(27-17(15)30)18(31)26-11(2)20(22,23)24/h3-4,7-8,11-12,14,27H,5-6,9H2,1-2H3,(H,26,31)(H,25,28,32)/t11-,12+,14?/m1/s1. The summed E-state index contributed by atoms with van der Waals surface area (Å²) >= 11 is 0. The van der Waals surface area contributed by atoms with Crippen molar-refractivity contribution in [3.8, 4) is 0 Å². The zero-order valence-electron chi connectivity index (χ0n) is 17.3. The van der Waals surface area contributed by atoms with Gasteiger partial charge in [-0.1, -0.05) is 6.08 Å². The molecule has 3 N–H and O–H groups in total. The van der Waals surface area contributed by atoms with E-state index in [-0.39, 0.29) is 11.9 Å². The molecule has 0 saturated carbocycles. The Bertz CT molecular complexity index is 1010. The maximum atomic E-state index is 13.5. The van der Waals surface area contributed by atoms with Crippen molar-refractivity contribution >= 4 is 17.8 Å². The number of carbonyl (C=O) groups excluding carboxylic acids is 2. The summed E-state index contributed by atoms with van der Waals surface area (Å²) in [5.41, 5.74) is 0.986. The Labute approximate surface area is 181 Å². The highest BCUT2D eigenvalue weighted by molar-refractivity contribution is 5.91. The van der Waals surface area contributed by atoms with E-state index in [1.807, 2.05) is 10.2 Å². The molecule has 1 aromatic rings. The van der Waals surface area contributed by atoms with Gasteiger partial charge in [0.05, 0.1) is 17.9 Å². The van der Waals surface area contributed by atoms with Gasteiger partial charge in [-0.25, -0.2) is 14.2 Å². The van der Waals surface area contributed by atoms with Gasteiger partial charge in [-0.05, 0) is 38.0 Å². The Morgan fingerprint density at radius 3 is 2.78 bits per heavy atom. The zero-order valence-corrected chi connectivity index (χ0v) is 17.3. The molecule has 3 amide bonds. The van der Waals surface area contributed by atoms with E-state index in [1.54, 1.807) is 13.0 Å². The summed E-state index contributed by atoms with van der Waals surface area (Å²) in [6, 6.07) is -2.44. The van der Waals surface area contributed by atoms with E-state index in [2.05, 4.69) is 15.6 Å². The Balaban J connectivity index is 1.54. The van der Waals surface area contributed by atoms with E-state index in [4.69, 9.17) is 0 Å². The van der Waals surface area contributed by atoms with E-state index >= 15 is 0 Å². The number of nitrogens with zero attached hydrogens (tertiary/aromatic N) is 3. The molecule has 172 valence electrons. The number of rotatable bonds is 3. The van der Waals surface area contributed by atoms with Crippen molar-refractivity contribution in [1.82, 2.24) is 25.4 Å². The normalized spacial score (nSPS) is 22.9. The highest BCUT2D eigenvalue weighted by Crippen LogP contribution is 2.33. The number of allylic oxidation sites excluding steroid dienone is 1. The van der Waals surface area contributed by atoms with Crippen LogP contribution in [-0.2, 0) is 4.79 Å². The smallest absolute Gasteiger partial charge is 0.366 e. The monoisotopic (exact) mass is 454 g/mol. The van der Waals surface area contributed by atoms with Gasteiger partial charge in [-0.15, -0.1) is 0 Å². The third kappa shape index (κ3) is 4.08. The minimum absolute atomic E-state index is 0.163. The summed E-state index contributed by atoms with van der Waals surface area (Å²) < 4.78 is 52.0. The van der Waals surface area contributed by atoms with Crippen molar-refractivity contribution in [1.29, 1.82) is 0 Å². The first kappa shape index (κ1) is 21.9. The van der Waals surface area contributed by atoms with E-state index < -0.39 is 36.0 Å². The number of pyridine rings is 1. The number of fused-ring (bicyclic) bond motifs is 3. The molecule has 2 bridgehead atoms. The van der Waals surface area contributed by atoms with Crippen LogP contribution in [0.5, 0.6) is 0 Å². The number of nitrogens with one attached hydrogen (secondary N) is 3. The number of hydrogen-bond donors (Lipinski definition) is 3. The maximum absolute atomic E-state index is 13.5. The second-order valence-electron chi connectivity index (χ2n) is 7.99. The topological polar surface area (TPSA) is 89.6 Å². The van der Waals surface area contributed by atoms with Crippen LogP contribution in [0.4, 0.5) is 28.2 Å². The van der Waals surface area contributed by atoms with Crippen LogP contribution in [0.25, 0.3) is 0 Å². The fourth-order valence-electron chi connectivity index (χ4n) is 3.92. The minimum Gasteiger partial charge on any atom is -0.366 e. The van der Waals surface area contributed by atoms with Crippen LogP contribution in [0.15, 0.2) is 35.9 Å². The lowest BCUT2D eigenvalue weighted by atomic mass is 10.1. The molecular weight excluding hydrogens is 432 g/mol. The first-order valence-electron chi connectivity index (χ1n) is 10.1. The molecule has 8 nitrogen and oxygen atoms in total. The quantitative estimate of drug-likeness (QED) is 0.610. The van der Waals surface area contributed by atoms with Gasteiger partial charge < -0.3 is 15.5 Å². The van der Waals surface area contributed by atoms with Gasteiger partial charge in [-0.3, -0.25) is 15.0 Å². The van der Waals surface area contributed by atoms with Gasteiger partial charge in [0.1, 0.15) is 29.5 Å². The molecule has 4 rings (SSSR count). The second-order valence-corrected chi connectivity index (χ2v) is 7.99. The summed E-state index contributed by atoms with van der Waals surface area (Å²) in [5.74, 6) is -0.867. The van der Waals surface area contributed by atoms with E-state index in [0.717, 1.165) is 13.1 Å². The Kier molecular flexibility index (Phi) is 5.47. The van der Waals surface area contributed by atoms with Crippen LogP contribution >= 0.6 is 0 Å². The molecule has 0 aliphatic carbocycles. The maximum Gasteiger partial charge on any atom is 0.408 e. The van der Waals surface area contributed by atoms with Crippen LogP contribution in [-0.4, -0.2) is 64.1 Å². The number of anilines is 1. The first-order valence-corrected chi connectivity index (χ1v) is 10.1. The van der Waals surface area contributed by atoms with E-state index in [1.165, 1.54) is 17.0 Å². The number of amides is 3. The van der Waals surface area contributed by atoms with Crippen molar-refractivity contribution < 1.29 is 27.2 Å². The van der Waals surface area contributed by atoms with E-state index in [9.17, 15) is 27.2 Å². The summed E-state index contributed by atoms with van der Waals surface area (Å²) in [7, 11) is 0. The molecule has 1 unspecified atom stereocenters. The van der Waals surface area contributed by atoms with Crippen LogP contribution in [0.1, 0.15) is 18.9 Å². The Morgan fingerprint density at radius 2 is 2.09 bits per heavy atom. The highest BCUT2D eigenvalue weighted by Gasteiger charge is 2.43. The van der Waals surface area contributed by atoms with Gasteiger partial charge >= 0.3 is 12.2 Å². The number of carbonyl (C=O) groups is 2. The number of aryl methyl sites for hydroxylation is 1. The van der Waals surface area contributed by atoms with Gasteiger partial charge in [-0.2, -0.15) is 13.2 Å². The summed E-state index contributed by atoms with van der Waals surface area (Å²) in [6.07, 6.45) is 0.217. The van der Waals surface area contributed by atoms with Crippen LogP contribution in [0.2, 0.25) is 0 Å². The lowest BCUT2D eigenvalue weighted by Gasteiger charge is -2.41. The number of urea groups is 1. The number of dihydropyridines is 1. The highest BCUT2D eigenvalue weighted by atomic mass is 19.4. The zero-order chi connectivity index (χ0) is 23.2. The molecule has 0 radical (unpaired) electrons. The summed E-state index contributed by atoms with van der Waals surface area (Å²) in [6.45, 7) is 3.67. The van der Waals surface area contributed by atoms with Crippen molar-refractivity contribution in [3.05, 3.63) is 47.3 Å². The van der Waals surface area contributed by atoms with Gasteiger partial charge in [0.15, 0.2) is 0 Å². The average Bonchev–Trinajstić information content (AvgIpc) is 3.14. The summed E-state index contributed by atoms with van der Waals surface area (Å²) in [5, 5.41) is 7.48. The third-order valence-electron chi connectivity index (χ3n) is 5.72. The molecule has 0 spiro atoms. The van der Waals surface area contributed by atoms with Crippen molar-refractivity contribution in [2.45, 2.75) is 44.6 Å². The molecule has 3 atom stereocenters. The Morgan fingerprint density at radius 1 is 1.34 bits per heavy atom. The molecule has 32 heavy (non-hydrogen) atoms. The molecular formula is C20H22F4N6O2. The first-order chi connectivity index (χ1) is 15.0. The largest absolute Gasteiger partial charge is 0.408 e. The molecule has 0 aromatic carbocycles. The van der Waals surface area contributed by atoms with Crippen LogP contribution in [0, 0.1) is 12.7 Å². The molecule has 3 aliphatic heterocycles. The SMILES string of the molecule is Cc1cc(NC(=O)N2C3=C(C=CC(C(=O)N[C@H](C)C(F)(F)F)N3)N3CC[C@H]2C3)ncc1F. The predicted molar refractivity (Wildman–Crippen MR) is 107 cm³/mol. The number of alkyl halides is 3. The number of halogens is 4. The summed E-state index contributed by atoms with van der Waals surface area (Å²) in [4.78, 5) is 32.9. The van der Waals surface area contributed by atoms with Gasteiger partial charge in [0.2, 0.25) is 5.91 Å². The van der Waals surface area contributed by atoms with Crippen molar-refractivity contribution in [2.75, 3.05) is 18.4 Å². The lowest BCUT2D eigenvalue weighted by molar-refractivity contribution is -0.158. The predicted octanol–water partition coefficient (Wildman–Crippen LogP) is 2.22. The molecule has 4 heterocycles. The molecule has 12 heteroatoms. The molecule has 1 fully saturated rings. The fourth-order valence-corrected chi connectivity index (χ4v) is 3.92. The van der Waals surface area contributed by atoms with E-state index in [0.29, 0.717) is 36.6 Å². The van der Waals surface area contributed by atoms with Crippen LogP contribution in [0.3, 0.4) is 0 Å². The second kappa shape index (κ2) is 7.99. The molecule has 1 aromatic heterocycles. The number of aromatic nitrogens is 1. The lowest BCUT2D eigenvalue weighted by Crippen LogP contribution is -2.57. The fraction of sp³-hybridized carbons (Fsp3) is 0.450. The minimum atomic E-state index is -4.57. The van der Waals surface area contributed by atoms with Gasteiger partial charge in [0.25, 0.3) is 0 Å². The van der Waals surface area contributed by atoms with Gasteiger partial charge in [0, 0.05) is 13.1 Å². The van der Waals surface area contributed by atoms with Crippen LogP contribution < -0.4 is 16.0 Å².